The van der Waals surface area contributed by atoms with Gasteiger partial charge in [-0.2, -0.15) is 0 Å². The van der Waals surface area contributed by atoms with Crippen molar-refractivity contribution in [1.29, 1.82) is 0 Å². The molecule has 5 heteroatoms. The summed E-state index contributed by atoms with van der Waals surface area (Å²) in [4.78, 5) is 20.4. The molecule has 1 rings (SSSR count). The smallest absolute Gasteiger partial charge is 0.255 e. The van der Waals surface area contributed by atoms with Crippen LogP contribution >= 0.6 is 0 Å². The van der Waals surface area contributed by atoms with Gasteiger partial charge in [-0.3, -0.25) is 14.9 Å². The molecule has 64 valence electrons. The van der Waals surface area contributed by atoms with Crippen molar-refractivity contribution in [3.05, 3.63) is 0 Å². The number of hydrogen-bond acceptors (Lipinski definition) is 4. The minimum atomic E-state index is -1.11. The Morgan fingerprint density at radius 2 is 2.09 bits per heavy atom. The number of rotatable bonds is 0. The van der Waals surface area contributed by atoms with E-state index in [2.05, 4.69) is 0 Å². The maximum Gasteiger partial charge on any atom is 0.255 e. The topological polar surface area (TPSA) is 86.6 Å². The molecule has 2 amide bonds. The van der Waals surface area contributed by atoms with Crippen molar-refractivity contribution >= 4 is 11.8 Å². The summed E-state index contributed by atoms with van der Waals surface area (Å²) in [7, 11) is 0. The van der Waals surface area contributed by atoms with Crippen LogP contribution in [0.3, 0.4) is 0 Å². The Hall–Kier alpha value is -0.940. The number of carbonyl (C=O) groups is 2. The predicted octanol–water partition coefficient (Wildman–Crippen LogP) is -1.61. The van der Waals surface area contributed by atoms with Crippen molar-refractivity contribution in [1.82, 2.24) is 5.32 Å². The van der Waals surface area contributed by atoms with Gasteiger partial charge < -0.3 is 10.2 Å². The number of carbonyl (C=O) groups excluding carboxylic acids is 2. The summed E-state index contributed by atoms with van der Waals surface area (Å²) >= 11 is 0. The van der Waals surface area contributed by atoms with E-state index < -0.39 is 17.9 Å². The predicted molar refractivity (Wildman–Crippen MR) is 36.5 cm³/mol. The molecule has 0 aromatic heterocycles. The monoisotopic (exact) mass is 161 g/mol. The molecule has 1 saturated heterocycles. The molecule has 1 atom stereocenters. The number of amides is 2. The van der Waals surface area contributed by atoms with Gasteiger partial charge in [0.1, 0.15) is 6.10 Å². The fraction of sp³-hybridized carbons (Fsp3) is 0.667. The summed E-state index contributed by atoms with van der Waals surface area (Å²) in [6, 6.07) is 0. The first kappa shape index (κ1) is 10.1. The van der Waals surface area contributed by atoms with Gasteiger partial charge in [0.05, 0.1) is 6.42 Å². The Labute approximate surface area is 64.0 Å². The Morgan fingerprint density at radius 3 is 2.18 bits per heavy atom. The summed E-state index contributed by atoms with van der Waals surface area (Å²) < 4.78 is 0. The van der Waals surface area contributed by atoms with Crippen LogP contribution < -0.4 is 5.32 Å². The summed E-state index contributed by atoms with van der Waals surface area (Å²) in [5.74, 6) is -0.988. The number of imide groups is 1. The number of aliphatic hydroxyl groups excluding tert-OH is 2. The maximum atomic E-state index is 10.2. The molecule has 5 nitrogen and oxygen atoms in total. The summed E-state index contributed by atoms with van der Waals surface area (Å²) in [6.45, 7) is 1.93. The van der Waals surface area contributed by atoms with Crippen molar-refractivity contribution in [2.45, 2.75) is 19.4 Å². The minimum absolute atomic E-state index is 0.0845. The molecule has 0 aromatic rings. The second kappa shape index (κ2) is 4.81. The molecule has 1 fully saturated rings. The molecular formula is C6H11NO4. The lowest BCUT2D eigenvalue weighted by Crippen LogP contribution is -2.24. The van der Waals surface area contributed by atoms with Gasteiger partial charge in [0, 0.05) is 6.61 Å². The highest BCUT2D eigenvalue weighted by molar-refractivity contribution is 6.04. The van der Waals surface area contributed by atoms with E-state index in [1.165, 1.54) is 0 Å². The molecule has 1 heterocycles. The third kappa shape index (κ3) is 3.69. The summed E-state index contributed by atoms with van der Waals surface area (Å²) in [5, 5.41) is 18.0. The van der Waals surface area contributed by atoms with E-state index >= 15 is 0 Å². The third-order valence-electron chi connectivity index (χ3n) is 0.944. The van der Waals surface area contributed by atoms with Crippen LogP contribution in [0.2, 0.25) is 0 Å². The standard InChI is InChI=1S/C4H5NO3.C2H6O/c6-2-1-3(7)5-4(2)8;1-2-3/h2,6H,1H2,(H,5,7,8);3H,2H2,1H3. The Balaban J connectivity index is 0.000000292. The van der Waals surface area contributed by atoms with Crippen LogP contribution in [0.15, 0.2) is 0 Å². The normalized spacial score (nSPS) is 22.3. The van der Waals surface area contributed by atoms with E-state index in [0.29, 0.717) is 0 Å². The van der Waals surface area contributed by atoms with Crippen LogP contribution in [0.1, 0.15) is 13.3 Å². The molecule has 0 aliphatic carbocycles. The molecule has 3 N–H and O–H groups in total. The van der Waals surface area contributed by atoms with Crippen molar-refractivity contribution in [3.63, 3.8) is 0 Å². The van der Waals surface area contributed by atoms with E-state index in [-0.39, 0.29) is 13.0 Å². The van der Waals surface area contributed by atoms with Crippen LogP contribution in [0, 0.1) is 0 Å². The van der Waals surface area contributed by atoms with Gasteiger partial charge in [-0.05, 0) is 6.92 Å². The Bertz CT molecular complexity index is 157. The fourth-order valence-corrected chi connectivity index (χ4v) is 0.540. The van der Waals surface area contributed by atoms with Crippen LogP contribution in [0.5, 0.6) is 0 Å². The molecule has 1 aliphatic rings. The largest absolute Gasteiger partial charge is 0.397 e. The van der Waals surface area contributed by atoms with Gasteiger partial charge in [0.25, 0.3) is 5.91 Å². The van der Waals surface area contributed by atoms with Crippen LogP contribution in [-0.4, -0.2) is 34.7 Å². The van der Waals surface area contributed by atoms with Crippen LogP contribution in [0.4, 0.5) is 0 Å². The third-order valence-corrected chi connectivity index (χ3v) is 0.944. The highest BCUT2D eigenvalue weighted by Gasteiger charge is 2.27. The average molecular weight is 161 g/mol. The first-order valence-electron chi connectivity index (χ1n) is 3.24. The quantitative estimate of drug-likeness (QED) is 0.373. The second-order valence-corrected chi connectivity index (χ2v) is 1.95. The van der Waals surface area contributed by atoms with Gasteiger partial charge in [-0.1, -0.05) is 0 Å². The van der Waals surface area contributed by atoms with Crippen molar-refractivity contribution in [2.24, 2.45) is 0 Å². The van der Waals surface area contributed by atoms with Crippen LogP contribution in [-0.2, 0) is 9.59 Å². The van der Waals surface area contributed by atoms with Gasteiger partial charge >= 0.3 is 0 Å². The lowest BCUT2D eigenvalue weighted by molar-refractivity contribution is -0.127. The van der Waals surface area contributed by atoms with Gasteiger partial charge in [0.15, 0.2) is 0 Å². The fourth-order valence-electron chi connectivity index (χ4n) is 0.540. The van der Waals surface area contributed by atoms with Crippen molar-refractivity contribution in [3.8, 4) is 0 Å². The first-order valence-corrected chi connectivity index (χ1v) is 3.24. The SMILES string of the molecule is CCO.O=C1CC(O)C(=O)N1. The van der Waals surface area contributed by atoms with Gasteiger partial charge in [-0.15, -0.1) is 0 Å². The maximum absolute atomic E-state index is 10.2. The molecule has 1 unspecified atom stereocenters. The lowest BCUT2D eigenvalue weighted by Gasteiger charge is -1.88. The van der Waals surface area contributed by atoms with E-state index in [4.69, 9.17) is 10.2 Å². The Morgan fingerprint density at radius 1 is 1.64 bits per heavy atom. The van der Waals surface area contributed by atoms with E-state index in [0.717, 1.165) is 0 Å². The summed E-state index contributed by atoms with van der Waals surface area (Å²) in [6.07, 6.45) is -1.19. The zero-order valence-corrected chi connectivity index (χ0v) is 6.20. The highest BCUT2D eigenvalue weighted by Crippen LogP contribution is 1.98. The minimum Gasteiger partial charge on any atom is -0.397 e. The zero-order valence-electron chi connectivity index (χ0n) is 6.20. The highest BCUT2D eigenvalue weighted by atomic mass is 16.3. The van der Waals surface area contributed by atoms with Crippen molar-refractivity contribution in [2.75, 3.05) is 6.61 Å². The zero-order chi connectivity index (χ0) is 8.85. The van der Waals surface area contributed by atoms with Crippen molar-refractivity contribution < 1.29 is 19.8 Å². The molecule has 0 spiro atoms. The second-order valence-electron chi connectivity index (χ2n) is 1.95. The van der Waals surface area contributed by atoms with Crippen LogP contribution in [0.25, 0.3) is 0 Å². The number of nitrogens with one attached hydrogen (secondary N) is 1. The van der Waals surface area contributed by atoms with Gasteiger partial charge in [0.2, 0.25) is 5.91 Å². The molecule has 1 aliphatic heterocycles. The van der Waals surface area contributed by atoms with Gasteiger partial charge in [-0.25, -0.2) is 0 Å². The first-order chi connectivity index (χ1) is 5.11. The Kier molecular flexibility index (Phi) is 4.40. The molecule has 0 aromatic carbocycles. The molecule has 11 heavy (non-hydrogen) atoms. The lowest BCUT2D eigenvalue weighted by atomic mass is 10.3. The van der Waals surface area contributed by atoms with E-state index in [1.807, 2.05) is 5.32 Å². The average Bonchev–Trinajstić information content (AvgIpc) is 2.12. The molecule has 0 radical (unpaired) electrons. The molecular weight excluding hydrogens is 150 g/mol. The van der Waals surface area contributed by atoms with E-state index in [9.17, 15) is 9.59 Å². The number of aliphatic hydroxyl groups is 2. The number of hydrogen-bond donors (Lipinski definition) is 3. The molecule has 0 saturated carbocycles. The molecule has 0 bridgehead atoms. The summed E-state index contributed by atoms with van der Waals surface area (Å²) in [5.41, 5.74) is 0. The van der Waals surface area contributed by atoms with E-state index in [1.54, 1.807) is 6.92 Å².